The lowest BCUT2D eigenvalue weighted by Gasteiger charge is -2.47. The number of anilines is 1. The molecule has 0 radical (unpaired) electrons. The third kappa shape index (κ3) is 3.52. The number of aliphatic hydroxyl groups is 1. The first-order chi connectivity index (χ1) is 11.2. The fraction of sp³-hybridized carbons (Fsp3) is 0.647. The Balaban J connectivity index is 1.70. The molecule has 2 N–H and O–H groups in total. The molecule has 0 aliphatic carbocycles. The molecule has 3 heterocycles. The SMILES string of the molecule is CC(C)(C)OC(=O)N1CCC2(CC1)Cc1cc(Br)cnc1NC2O. The molecule has 2 aliphatic heterocycles. The Hall–Kier alpha value is -1.34. The zero-order valence-electron chi connectivity index (χ0n) is 14.3. The van der Waals surface area contributed by atoms with Crippen molar-refractivity contribution < 1.29 is 14.6 Å². The number of carbonyl (C=O) groups is 1. The number of likely N-dealkylation sites (tertiary alicyclic amines) is 1. The largest absolute Gasteiger partial charge is 0.444 e. The first-order valence-electron chi connectivity index (χ1n) is 8.26. The van der Waals surface area contributed by atoms with Crippen LogP contribution in [0.2, 0.25) is 0 Å². The Labute approximate surface area is 150 Å². The number of fused-ring (bicyclic) bond motifs is 1. The fourth-order valence-electron chi connectivity index (χ4n) is 3.42. The van der Waals surface area contributed by atoms with Gasteiger partial charge in [0.25, 0.3) is 0 Å². The fourth-order valence-corrected chi connectivity index (χ4v) is 3.79. The lowest BCUT2D eigenvalue weighted by molar-refractivity contribution is -0.0259. The maximum Gasteiger partial charge on any atom is 0.410 e. The molecule has 7 heteroatoms. The Morgan fingerprint density at radius 2 is 2.12 bits per heavy atom. The highest BCUT2D eigenvalue weighted by Crippen LogP contribution is 2.43. The molecule has 1 unspecified atom stereocenters. The summed E-state index contributed by atoms with van der Waals surface area (Å²) in [6.45, 7) is 6.78. The monoisotopic (exact) mass is 397 g/mol. The zero-order chi connectivity index (χ0) is 17.5. The van der Waals surface area contributed by atoms with Gasteiger partial charge in [0, 0.05) is 29.2 Å². The molecule has 6 nitrogen and oxygen atoms in total. The van der Waals surface area contributed by atoms with E-state index in [-0.39, 0.29) is 11.5 Å². The normalized spacial score (nSPS) is 22.7. The van der Waals surface area contributed by atoms with Gasteiger partial charge in [0.15, 0.2) is 0 Å². The number of nitrogens with zero attached hydrogens (tertiary/aromatic N) is 2. The molecular weight excluding hydrogens is 374 g/mol. The van der Waals surface area contributed by atoms with Gasteiger partial charge in [0.1, 0.15) is 17.6 Å². The number of hydrogen-bond acceptors (Lipinski definition) is 5. The predicted octanol–water partition coefficient (Wildman–Crippen LogP) is 3.15. The first kappa shape index (κ1) is 17.5. The van der Waals surface area contributed by atoms with Crippen LogP contribution < -0.4 is 5.32 Å². The van der Waals surface area contributed by atoms with Crippen molar-refractivity contribution >= 4 is 27.8 Å². The number of halogens is 1. The van der Waals surface area contributed by atoms with Crippen LogP contribution in [0.3, 0.4) is 0 Å². The zero-order valence-corrected chi connectivity index (χ0v) is 15.9. The molecular formula is C17H24BrN3O3. The number of aromatic nitrogens is 1. The number of rotatable bonds is 0. The van der Waals surface area contributed by atoms with Gasteiger partial charge >= 0.3 is 6.09 Å². The van der Waals surface area contributed by atoms with E-state index in [2.05, 4.69) is 26.2 Å². The number of aliphatic hydroxyl groups excluding tert-OH is 1. The Morgan fingerprint density at radius 3 is 2.75 bits per heavy atom. The second kappa shape index (κ2) is 6.19. The van der Waals surface area contributed by atoms with Gasteiger partial charge in [-0.15, -0.1) is 0 Å². The minimum absolute atomic E-state index is 0.270. The molecule has 1 spiro atoms. The van der Waals surface area contributed by atoms with E-state index < -0.39 is 11.8 Å². The molecule has 132 valence electrons. The van der Waals surface area contributed by atoms with E-state index in [1.807, 2.05) is 26.8 Å². The van der Waals surface area contributed by atoms with Crippen LogP contribution in [0.4, 0.5) is 10.6 Å². The quantitative estimate of drug-likeness (QED) is 0.703. The number of amides is 1. The van der Waals surface area contributed by atoms with Gasteiger partial charge in [-0.1, -0.05) is 0 Å². The van der Waals surface area contributed by atoms with Gasteiger partial charge in [-0.3, -0.25) is 0 Å². The highest BCUT2D eigenvalue weighted by atomic mass is 79.9. The Kier molecular flexibility index (Phi) is 4.51. The summed E-state index contributed by atoms with van der Waals surface area (Å²) in [7, 11) is 0. The van der Waals surface area contributed by atoms with Gasteiger partial charge in [-0.05, 0) is 67.6 Å². The number of hydrogen-bond donors (Lipinski definition) is 2. The van der Waals surface area contributed by atoms with Crippen LogP contribution in [0.5, 0.6) is 0 Å². The summed E-state index contributed by atoms with van der Waals surface area (Å²) in [5, 5.41) is 13.7. The lowest BCUT2D eigenvalue weighted by atomic mass is 9.70. The number of ether oxygens (including phenoxy) is 1. The summed E-state index contributed by atoms with van der Waals surface area (Å²) in [6, 6.07) is 2.04. The summed E-state index contributed by atoms with van der Waals surface area (Å²) in [5.74, 6) is 0.742. The smallest absolute Gasteiger partial charge is 0.410 e. The maximum absolute atomic E-state index is 12.2. The minimum Gasteiger partial charge on any atom is -0.444 e. The van der Waals surface area contributed by atoms with Crippen molar-refractivity contribution in [3.05, 3.63) is 22.3 Å². The predicted molar refractivity (Wildman–Crippen MR) is 94.7 cm³/mol. The lowest BCUT2D eigenvalue weighted by Crippen LogP contribution is -2.53. The van der Waals surface area contributed by atoms with Gasteiger partial charge in [0.05, 0.1) is 0 Å². The van der Waals surface area contributed by atoms with E-state index in [9.17, 15) is 9.90 Å². The average Bonchev–Trinajstić information content (AvgIpc) is 2.48. The molecule has 1 aromatic heterocycles. The summed E-state index contributed by atoms with van der Waals surface area (Å²) in [6.07, 6.45) is 3.01. The van der Waals surface area contributed by atoms with Crippen molar-refractivity contribution in [2.24, 2.45) is 5.41 Å². The number of piperidine rings is 1. The van der Waals surface area contributed by atoms with Crippen LogP contribution in [-0.4, -0.2) is 46.0 Å². The van der Waals surface area contributed by atoms with Gasteiger partial charge in [0.2, 0.25) is 0 Å². The van der Waals surface area contributed by atoms with Crippen LogP contribution in [0.25, 0.3) is 0 Å². The van der Waals surface area contributed by atoms with Crippen molar-refractivity contribution in [1.82, 2.24) is 9.88 Å². The van der Waals surface area contributed by atoms with Crippen molar-refractivity contribution in [3.8, 4) is 0 Å². The summed E-state index contributed by atoms with van der Waals surface area (Å²) in [4.78, 5) is 18.3. The van der Waals surface area contributed by atoms with Crippen molar-refractivity contribution in [1.29, 1.82) is 0 Å². The standard InChI is InChI=1S/C17H24BrN3O3/c1-16(2,3)24-15(23)21-6-4-17(5-7-21)9-11-8-12(18)10-19-13(11)20-14(17)22/h8,10,14,22H,4-7,9H2,1-3H3,(H,19,20). The number of pyridine rings is 1. The second-order valence-electron chi connectivity index (χ2n) is 7.71. The molecule has 0 bridgehead atoms. The molecule has 0 saturated carbocycles. The van der Waals surface area contributed by atoms with E-state index >= 15 is 0 Å². The van der Waals surface area contributed by atoms with E-state index in [4.69, 9.17) is 4.74 Å². The van der Waals surface area contributed by atoms with Crippen molar-refractivity contribution in [2.75, 3.05) is 18.4 Å². The highest BCUT2D eigenvalue weighted by Gasteiger charge is 2.45. The average molecular weight is 398 g/mol. The van der Waals surface area contributed by atoms with Crippen LogP contribution in [-0.2, 0) is 11.2 Å². The summed E-state index contributed by atoms with van der Waals surface area (Å²) in [5.41, 5.74) is 0.337. The molecule has 3 rings (SSSR count). The van der Waals surface area contributed by atoms with Gasteiger partial charge in [-0.25, -0.2) is 9.78 Å². The summed E-state index contributed by atoms with van der Waals surface area (Å²) < 4.78 is 6.38. The maximum atomic E-state index is 12.2. The summed E-state index contributed by atoms with van der Waals surface area (Å²) >= 11 is 3.45. The first-order valence-corrected chi connectivity index (χ1v) is 9.05. The molecule has 1 saturated heterocycles. The highest BCUT2D eigenvalue weighted by molar-refractivity contribution is 9.10. The third-order valence-electron chi connectivity index (χ3n) is 4.74. The second-order valence-corrected chi connectivity index (χ2v) is 8.63. The molecule has 1 amide bonds. The van der Waals surface area contributed by atoms with Gasteiger partial charge in [-0.2, -0.15) is 0 Å². The van der Waals surface area contributed by atoms with Crippen molar-refractivity contribution in [3.63, 3.8) is 0 Å². The number of nitrogens with one attached hydrogen (secondary N) is 1. The molecule has 1 atom stereocenters. The number of carbonyl (C=O) groups excluding carboxylic acids is 1. The minimum atomic E-state index is -0.653. The van der Waals surface area contributed by atoms with Crippen LogP contribution >= 0.6 is 15.9 Å². The van der Waals surface area contributed by atoms with E-state index in [1.165, 1.54) is 0 Å². The van der Waals surface area contributed by atoms with E-state index in [0.717, 1.165) is 35.1 Å². The van der Waals surface area contributed by atoms with Crippen LogP contribution in [0, 0.1) is 5.41 Å². The molecule has 1 fully saturated rings. The Morgan fingerprint density at radius 1 is 1.46 bits per heavy atom. The van der Waals surface area contributed by atoms with Crippen LogP contribution in [0.15, 0.2) is 16.7 Å². The van der Waals surface area contributed by atoms with Crippen LogP contribution in [0.1, 0.15) is 39.2 Å². The topological polar surface area (TPSA) is 74.7 Å². The third-order valence-corrected chi connectivity index (χ3v) is 5.17. The molecule has 1 aromatic rings. The molecule has 2 aliphatic rings. The Bertz CT molecular complexity index is 636. The van der Waals surface area contributed by atoms with E-state index in [1.54, 1.807) is 11.1 Å². The molecule has 24 heavy (non-hydrogen) atoms. The van der Waals surface area contributed by atoms with E-state index in [0.29, 0.717) is 13.1 Å². The van der Waals surface area contributed by atoms with Crippen molar-refractivity contribution in [2.45, 2.75) is 51.9 Å². The molecule has 0 aromatic carbocycles. The van der Waals surface area contributed by atoms with Gasteiger partial charge < -0.3 is 20.1 Å².